The maximum atomic E-state index is 12.9. The molecular weight excluding hydrogens is 382 g/mol. The summed E-state index contributed by atoms with van der Waals surface area (Å²) < 4.78 is 11.3. The highest BCUT2D eigenvalue weighted by Gasteiger charge is 2.32. The molecule has 0 bridgehead atoms. The summed E-state index contributed by atoms with van der Waals surface area (Å²) in [6.45, 7) is 0.715. The summed E-state index contributed by atoms with van der Waals surface area (Å²) in [6, 6.07) is 21.0. The van der Waals surface area contributed by atoms with E-state index >= 15 is 0 Å². The Morgan fingerprint density at radius 2 is 1.63 bits per heavy atom. The highest BCUT2D eigenvalue weighted by molar-refractivity contribution is 5.98. The van der Waals surface area contributed by atoms with E-state index in [0.29, 0.717) is 12.2 Å². The zero-order chi connectivity index (χ0) is 20.7. The molecule has 0 spiro atoms. The molecule has 0 atom stereocenters. The Hall–Kier alpha value is -3.80. The molecule has 30 heavy (non-hydrogen) atoms. The van der Waals surface area contributed by atoms with Crippen molar-refractivity contribution in [2.45, 2.75) is 5.92 Å². The van der Waals surface area contributed by atoms with Crippen LogP contribution in [0.5, 0.6) is 5.75 Å². The molecule has 2 aliphatic rings. The smallest absolute Gasteiger partial charge is 0.414 e. The van der Waals surface area contributed by atoms with Crippen LogP contribution < -0.4 is 9.64 Å². The molecule has 3 aromatic carbocycles. The Labute approximate surface area is 173 Å². The van der Waals surface area contributed by atoms with Crippen LogP contribution in [-0.2, 0) is 4.74 Å². The minimum atomic E-state index is -1.10. The summed E-state index contributed by atoms with van der Waals surface area (Å²) in [4.78, 5) is 25.8. The van der Waals surface area contributed by atoms with Gasteiger partial charge in [-0.25, -0.2) is 9.59 Å². The van der Waals surface area contributed by atoms with Gasteiger partial charge in [0.1, 0.15) is 18.8 Å². The highest BCUT2D eigenvalue weighted by Crippen LogP contribution is 2.44. The fourth-order valence-corrected chi connectivity index (χ4v) is 4.28. The van der Waals surface area contributed by atoms with Crippen molar-refractivity contribution in [3.05, 3.63) is 83.4 Å². The Bertz CT molecular complexity index is 1110. The van der Waals surface area contributed by atoms with Crippen molar-refractivity contribution in [3.8, 4) is 16.9 Å². The van der Waals surface area contributed by atoms with Gasteiger partial charge in [0.05, 0.1) is 12.2 Å². The molecule has 1 amide bonds. The molecule has 1 N–H and O–H groups in total. The van der Waals surface area contributed by atoms with Crippen molar-refractivity contribution < 1.29 is 24.2 Å². The molecule has 3 aromatic rings. The van der Waals surface area contributed by atoms with E-state index in [9.17, 15) is 14.7 Å². The fraction of sp³-hybridized carbons (Fsp3) is 0.167. The van der Waals surface area contributed by atoms with Gasteiger partial charge in [-0.15, -0.1) is 0 Å². The van der Waals surface area contributed by atoms with Gasteiger partial charge in [-0.3, -0.25) is 4.90 Å². The number of ether oxygens (including phenoxy) is 2. The number of amides is 1. The first kappa shape index (κ1) is 18.2. The minimum absolute atomic E-state index is 0.0312. The Morgan fingerprint density at radius 3 is 2.30 bits per heavy atom. The van der Waals surface area contributed by atoms with Crippen molar-refractivity contribution in [3.63, 3.8) is 0 Å². The number of benzene rings is 3. The Morgan fingerprint density at radius 1 is 0.967 bits per heavy atom. The number of rotatable bonds is 3. The zero-order valence-electron chi connectivity index (χ0n) is 16.1. The third-order valence-corrected chi connectivity index (χ3v) is 5.63. The van der Waals surface area contributed by atoms with E-state index in [1.165, 1.54) is 11.0 Å². The fourth-order valence-electron chi connectivity index (χ4n) is 4.28. The number of carboxylic acids is 1. The van der Waals surface area contributed by atoms with Gasteiger partial charge in [0.2, 0.25) is 0 Å². The van der Waals surface area contributed by atoms with Crippen molar-refractivity contribution in [2.75, 3.05) is 24.7 Å². The monoisotopic (exact) mass is 401 g/mol. The molecule has 1 aliphatic carbocycles. The lowest BCUT2D eigenvalue weighted by Gasteiger charge is -2.30. The number of hydrogen-bond acceptors (Lipinski definition) is 4. The number of nitrogens with zero attached hydrogens (tertiary/aromatic N) is 1. The summed E-state index contributed by atoms with van der Waals surface area (Å²) in [6.07, 6.45) is -0.510. The number of carbonyl (C=O) groups excluding carboxylic acids is 1. The first-order valence-corrected chi connectivity index (χ1v) is 9.77. The van der Waals surface area contributed by atoms with Crippen LogP contribution in [0.4, 0.5) is 10.5 Å². The van der Waals surface area contributed by atoms with E-state index in [4.69, 9.17) is 9.47 Å². The van der Waals surface area contributed by atoms with Gasteiger partial charge < -0.3 is 14.6 Å². The van der Waals surface area contributed by atoms with Gasteiger partial charge in [0.25, 0.3) is 0 Å². The number of carboxylic acid groups (broad SMARTS) is 1. The number of carbonyl (C=O) groups is 2. The van der Waals surface area contributed by atoms with Crippen LogP contribution in [0, 0.1) is 0 Å². The van der Waals surface area contributed by atoms with Crippen molar-refractivity contribution >= 4 is 17.7 Å². The zero-order valence-corrected chi connectivity index (χ0v) is 16.1. The number of fused-ring (bicyclic) bond motifs is 4. The van der Waals surface area contributed by atoms with E-state index in [0.717, 1.165) is 22.3 Å². The molecule has 1 aliphatic heterocycles. The molecular formula is C24H19NO5. The van der Waals surface area contributed by atoms with Crippen LogP contribution in [0.1, 0.15) is 27.4 Å². The summed E-state index contributed by atoms with van der Waals surface area (Å²) in [5.74, 6) is -0.932. The molecule has 6 heteroatoms. The molecule has 6 nitrogen and oxygen atoms in total. The largest absolute Gasteiger partial charge is 0.489 e. The van der Waals surface area contributed by atoms with E-state index in [-0.39, 0.29) is 30.4 Å². The predicted molar refractivity (Wildman–Crippen MR) is 111 cm³/mol. The maximum absolute atomic E-state index is 12.9. The van der Waals surface area contributed by atoms with Crippen molar-refractivity contribution in [1.82, 2.24) is 0 Å². The predicted octanol–water partition coefficient (Wildman–Crippen LogP) is 4.53. The van der Waals surface area contributed by atoms with E-state index < -0.39 is 12.1 Å². The third kappa shape index (κ3) is 2.88. The van der Waals surface area contributed by atoms with Gasteiger partial charge in [0.15, 0.2) is 5.75 Å². The second-order valence-electron chi connectivity index (χ2n) is 7.26. The number of aromatic carboxylic acids is 1. The molecule has 0 radical (unpaired) electrons. The number of anilines is 1. The molecule has 5 rings (SSSR count). The summed E-state index contributed by atoms with van der Waals surface area (Å²) in [5, 5.41) is 9.38. The van der Waals surface area contributed by atoms with Crippen LogP contribution in [0.3, 0.4) is 0 Å². The van der Waals surface area contributed by atoms with Gasteiger partial charge in [0, 0.05) is 5.92 Å². The van der Waals surface area contributed by atoms with Crippen molar-refractivity contribution in [1.29, 1.82) is 0 Å². The lowest BCUT2D eigenvalue weighted by Crippen LogP contribution is -2.39. The average Bonchev–Trinajstić information content (AvgIpc) is 3.10. The molecule has 0 unspecified atom stereocenters. The van der Waals surface area contributed by atoms with Gasteiger partial charge >= 0.3 is 12.1 Å². The lowest BCUT2D eigenvalue weighted by molar-refractivity contribution is 0.0691. The molecule has 0 aromatic heterocycles. The first-order chi connectivity index (χ1) is 14.6. The van der Waals surface area contributed by atoms with Gasteiger partial charge in [-0.2, -0.15) is 0 Å². The second kappa shape index (κ2) is 7.22. The summed E-state index contributed by atoms with van der Waals surface area (Å²) >= 11 is 0. The summed E-state index contributed by atoms with van der Waals surface area (Å²) in [5.41, 5.74) is 5.06. The molecule has 0 fully saturated rings. The SMILES string of the molecule is O=C(O)c1cccc2c1OCCN2C(=O)OCC1c2ccccc2-c2ccccc21. The minimum Gasteiger partial charge on any atom is -0.489 e. The van der Waals surface area contributed by atoms with E-state index in [2.05, 4.69) is 24.3 Å². The molecule has 1 heterocycles. The Balaban J connectivity index is 1.40. The van der Waals surface area contributed by atoms with Crippen LogP contribution in [0.25, 0.3) is 11.1 Å². The topological polar surface area (TPSA) is 76.1 Å². The number of para-hydroxylation sites is 1. The maximum Gasteiger partial charge on any atom is 0.414 e. The first-order valence-electron chi connectivity index (χ1n) is 9.77. The average molecular weight is 401 g/mol. The number of hydrogen-bond donors (Lipinski definition) is 1. The standard InChI is InChI=1S/C24H19NO5/c26-23(27)19-10-5-11-21-22(19)29-13-12-25(21)24(28)30-14-20-17-8-3-1-6-15(17)16-7-2-4-9-18(16)20/h1-11,20H,12-14H2,(H,26,27). The van der Waals surface area contributed by atoms with Crippen LogP contribution in [0.2, 0.25) is 0 Å². The lowest BCUT2D eigenvalue weighted by atomic mass is 9.98. The Kier molecular flexibility index (Phi) is 4.39. The normalized spacial score (nSPS) is 14.3. The quantitative estimate of drug-likeness (QED) is 0.698. The van der Waals surface area contributed by atoms with Gasteiger partial charge in [-0.1, -0.05) is 54.6 Å². The summed E-state index contributed by atoms with van der Waals surface area (Å²) in [7, 11) is 0. The van der Waals surface area contributed by atoms with E-state index in [1.807, 2.05) is 24.3 Å². The van der Waals surface area contributed by atoms with Crippen LogP contribution in [-0.4, -0.2) is 36.9 Å². The van der Waals surface area contributed by atoms with Crippen LogP contribution >= 0.6 is 0 Å². The third-order valence-electron chi connectivity index (χ3n) is 5.63. The molecule has 150 valence electrons. The van der Waals surface area contributed by atoms with Crippen LogP contribution in [0.15, 0.2) is 66.7 Å². The molecule has 0 saturated heterocycles. The van der Waals surface area contributed by atoms with Crippen molar-refractivity contribution in [2.24, 2.45) is 0 Å². The van der Waals surface area contributed by atoms with E-state index in [1.54, 1.807) is 12.1 Å². The highest BCUT2D eigenvalue weighted by atomic mass is 16.6. The molecule has 0 saturated carbocycles. The second-order valence-corrected chi connectivity index (χ2v) is 7.26. The van der Waals surface area contributed by atoms with Gasteiger partial charge in [-0.05, 0) is 34.4 Å².